The molecule has 118 valence electrons. The van der Waals surface area contributed by atoms with Crippen molar-refractivity contribution in [3.05, 3.63) is 33.8 Å². The SMILES string of the molecule is CNCCN(C)C(=O)C1(c2ccc(Cl)c(Cl)c2)CCC1.Cl. The molecule has 1 aromatic carbocycles. The lowest BCUT2D eigenvalue weighted by atomic mass is 9.63. The van der Waals surface area contributed by atoms with Crippen LogP contribution in [0, 0.1) is 0 Å². The van der Waals surface area contributed by atoms with Gasteiger partial charge in [-0.05, 0) is 37.6 Å². The number of carbonyl (C=O) groups is 1. The summed E-state index contributed by atoms with van der Waals surface area (Å²) in [6, 6.07) is 5.55. The Labute approximate surface area is 142 Å². The van der Waals surface area contributed by atoms with Crippen LogP contribution in [0.15, 0.2) is 18.2 Å². The molecule has 0 aliphatic heterocycles. The minimum absolute atomic E-state index is 0. The molecule has 1 aliphatic carbocycles. The van der Waals surface area contributed by atoms with Crippen molar-refractivity contribution in [1.82, 2.24) is 10.2 Å². The van der Waals surface area contributed by atoms with Crippen LogP contribution in [0.1, 0.15) is 24.8 Å². The topological polar surface area (TPSA) is 32.3 Å². The van der Waals surface area contributed by atoms with Crippen LogP contribution >= 0.6 is 35.6 Å². The third-order valence-corrected chi connectivity index (χ3v) is 4.87. The first-order valence-corrected chi connectivity index (χ1v) is 7.62. The highest BCUT2D eigenvalue weighted by atomic mass is 35.5. The number of hydrogen-bond donors (Lipinski definition) is 1. The molecule has 3 nitrogen and oxygen atoms in total. The Kier molecular flexibility index (Phi) is 6.79. The van der Waals surface area contributed by atoms with E-state index < -0.39 is 5.41 Å². The molecule has 1 aromatic rings. The van der Waals surface area contributed by atoms with Crippen molar-refractivity contribution in [2.24, 2.45) is 0 Å². The van der Waals surface area contributed by atoms with Gasteiger partial charge in [0.25, 0.3) is 0 Å². The van der Waals surface area contributed by atoms with E-state index in [-0.39, 0.29) is 18.3 Å². The monoisotopic (exact) mass is 350 g/mol. The van der Waals surface area contributed by atoms with Crippen molar-refractivity contribution in [1.29, 1.82) is 0 Å². The molecule has 1 saturated carbocycles. The summed E-state index contributed by atoms with van der Waals surface area (Å²) in [5, 5.41) is 4.11. The fourth-order valence-electron chi connectivity index (χ4n) is 2.70. The number of nitrogens with one attached hydrogen (secondary N) is 1. The Morgan fingerprint density at radius 1 is 1.33 bits per heavy atom. The van der Waals surface area contributed by atoms with Crippen molar-refractivity contribution < 1.29 is 4.79 Å². The number of halogens is 3. The lowest BCUT2D eigenvalue weighted by molar-refractivity contribution is -0.139. The zero-order valence-electron chi connectivity index (χ0n) is 12.3. The molecule has 1 N–H and O–H groups in total. The molecule has 21 heavy (non-hydrogen) atoms. The smallest absolute Gasteiger partial charge is 0.233 e. The van der Waals surface area contributed by atoms with Gasteiger partial charge in [0, 0.05) is 20.1 Å². The normalized spacial score (nSPS) is 15.8. The predicted octanol–water partition coefficient (Wildman–Crippen LogP) is 3.51. The number of nitrogens with zero attached hydrogens (tertiary/aromatic N) is 1. The molecule has 0 unspecified atom stereocenters. The van der Waals surface area contributed by atoms with Crippen molar-refractivity contribution in [2.75, 3.05) is 27.2 Å². The second-order valence-corrected chi connectivity index (χ2v) is 6.21. The van der Waals surface area contributed by atoms with E-state index in [2.05, 4.69) is 5.32 Å². The van der Waals surface area contributed by atoms with Gasteiger partial charge < -0.3 is 10.2 Å². The van der Waals surface area contributed by atoms with E-state index in [0.29, 0.717) is 16.6 Å². The maximum Gasteiger partial charge on any atom is 0.233 e. The maximum atomic E-state index is 12.8. The van der Waals surface area contributed by atoms with Gasteiger partial charge in [0.15, 0.2) is 0 Å². The number of hydrogen-bond acceptors (Lipinski definition) is 2. The van der Waals surface area contributed by atoms with E-state index >= 15 is 0 Å². The van der Waals surface area contributed by atoms with Gasteiger partial charge in [0.05, 0.1) is 15.5 Å². The van der Waals surface area contributed by atoms with Gasteiger partial charge in [-0.15, -0.1) is 12.4 Å². The summed E-state index contributed by atoms with van der Waals surface area (Å²) in [6.45, 7) is 1.50. The van der Waals surface area contributed by atoms with Crippen LogP contribution < -0.4 is 5.32 Å². The van der Waals surface area contributed by atoms with Crippen LogP contribution in [0.4, 0.5) is 0 Å². The molecule has 1 fully saturated rings. The quantitative estimate of drug-likeness (QED) is 0.880. The zero-order valence-corrected chi connectivity index (χ0v) is 14.6. The number of carbonyl (C=O) groups excluding carboxylic acids is 1. The van der Waals surface area contributed by atoms with Crippen LogP contribution in [0.3, 0.4) is 0 Å². The maximum absolute atomic E-state index is 12.8. The molecule has 0 spiro atoms. The van der Waals surface area contributed by atoms with Crippen molar-refractivity contribution in [2.45, 2.75) is 24.7 Å². The molecule has 0 radical (unpaired) electrons. The van der Waals surface area contributed by atoms with Crippen molar-refractivity contribution in [3.8, 4) is 0 Å². The average Bonchev–Trinajstić information content (AvgIpc) is 2.38. The van der Waals surface area contributed by atoms with Crippen LogP contribution in [-0.2, 0) is 10.2 Å². The van der Waals surface area contributed by atoms with Crippen LogP contribution in [0.25, 0.3) is 0 Å². The van der Waals surface area contributed by atoms with E-state index in [1.807, 2.05) is 26.2 Å². The largest absolute Gasteiger partial charge is 0.344 e. The predicted molar refractivity (Wildman–Crippen MR) is 90.8 cm³/mol. The first kappa shape index (κ1) is 18.6. The third-order valence-electron chi connectivity index (χ3n) is 4.13. The molecule has 6 heteroatoms. The van der Waals surface area contributed by atoms with E-state index in [1.54, 1.807) is 11.0 Å². The first-order chi connectivity index (χ1) is 9.51. The van der Waals surface area contributed by atoms with Crippen molar-refractivity contribution in [3.63, 3.8) is 0 Å². The number of likely N-dealkylation sites (N-methyl/N-ethyl adjacent to an activating group) is 2. The van der Waals surface area contributed by atoms with E-state index in [0.717, 1.165) is 31.4 Å². The van der Waals surface area contributed by atoms with E-state index in [1.165, 1.54) is 0 Å². The zero-order chi connectivity index (χ0) is 14.8. The highest BCUT2D eigenvalue weighted by molar-refractivity contribution is 6.42. The average molecular weight is 352 g/mol. The molecule has 0 bridgehead atoms. The molecule has 0 heterocycles. The number of rotatable bonds is 5. The minimum Gasteiger partial charge on any atom is -0.344 e. The fourth-order valence-corrected chi connectivity index (χ4v) is 2.99. The van der Waals surface area contributed by atoms with Gasteiger partial charge >= 0.3 is 0 Å². The molecule has 1 aliphatic rings. The Hall–Kier alpha value is -0.480. The standard InChI is InChI=1S/C15H20Cl2N2O.ClH/c1-18-8-9-19(2)14(20)15(6-3-7-15)11-4-5-12(16)13(17)10-11;/h4-5,10,18H,3,6-9H2,1-2H3;1H. The Morgan fingerprint density at radius 3 is 2.48 bits per heavy atom. The lowest BCUT2D eigenvalue weighted by Gasteiger charge is -2.43. The lowest BCUT2D eigenvalue weighted by Crippen LogP contribution is -2.50. The summed E-state index contributed by atoms with van der Waals surface area (Å²) in [7, 11) is 3.74. The summed E-state index contributed by atoms with van der Waals surface area (Å²) in [5.74, 6) is 0.178. The van der Waals surface area contributed by atoms with Crippen LogP contribution in [-0.4, -0.2) is 38.0 Å². The summed E-state index contributed by atoms with van der Waals surface area (Å²) in [4.78, 5) is 14.6. The van der Waals surface area contributed by atoms with E-state index in [9.17, 15) is 4.79 Å². The Bertz CT molecular complexity index is 504. The molecular weight excluding hydrogens is 331 g/mol. The molecule has 0 saturated heterocycles. The second kappa shape index (κ2) is 7.68. The summed E-state index contributed by atoms with van der Waals surface area (Å²) in [6.07, 6.45) is 2.84. The summed E-state index contributed by atoms with van der Waals surface area (Å²) >= 11 is 12.1. The van der Waals surface area contributed by atoms with Gasteiger partial charge in [-0.1, -0.05) is 35.7 Å². The van der Waals surface area contributed by atoms with Gasteiger partial charge in [0.1, 0.15) is 0 Å². The van der Waals surface area contributed by atoms with Crippen molar-refractivity contribution >= 4 is 41.5 Å². The molecule has 0 atom stereocenters. The van der Waals surface area contributed by atoms with Crippen LogP contribution in [0.5, 0.6) is 0 Å². The number of benzene rings is 1. The molecule has 0 aromatic heterocycles. The summed E-state index contributed by atoms with van der Waals surface area (Å²) in [5.41, 5.74) is 0.580. The fraction of sp³-hybridized carbons (Fsp3) is 0.533. The first-order valence-electron chi connectivity index (χ1n) is 6.87. The molecule has 1 amide bonds. The minimum atomic E-state index is -0.406. The van der Waals surface area contributed by atoms with Gasteiger partial charge in [0.2, 0.25) is 5.91 Å². The van der Waals surface area contributed by atoms with E-state index in [4.69, 9.17) is 23.2 Å². The highest BCUT2D eigenvalue weighted by Crippen LogP contribution is 2.46. The second-order valence-electron chi connectivity index (χ2n) is 5.39. The Morgan fingerprint density at radius 2 is 2.00 bits per heavy atom. The van der Waals surface area contributed by atoms with Gasteiger partial charge in [-0.2, -0.15) is 0 Å². The van der Waals surface area contributed by atoms with Gasteiger partial charge in [-0.3, -0.25) is 4.79 Å². The van der Waals surface area contributed by atoms with Gasteiger partial charge in [-0.25, -0.2) is 0 Å². The third kappa shape index (κ3) is 3.65. The highest BCUT2D eigenvalue weighted by Gasteiger charge is 2.47. The Balaban J connectivity index is 0.00000220. The molecule has 2 rings (SSSR count). The number of amides is 1. The molecular formula is C15H21Cl3N2O. The van der Waals surface area contributed by atoms with Crippen LogP contribution in [0.2, 0.25) is 10.0 Å². The summed E-state index contributed by atoms with van der Waals surface area (Å²) < 4.78 is 0.